The molecule has 0 aromatic carbocycles. The fourth-order valence-electron chi connectivity index (χ4n) is 0. The van der Waals surface area contributed by atoms with Crippen LogP contribution in [-0.4, -0.2) is 57.7 Å². The average Bonchev–Trinajstić information content (AvgIpc) is 0.811. The van der Waals surface area contributed by atoms with Crippen molar-refractivity contribution in [2.75, 3.05) is 0 Å². The quantitative estimate of drug-likeness (QED) is 0.228. The van der Waals surface area contributed by atoms with Crippen LogP contribution >= 0.6 is 0 Å². The van der Waals surface area contributed by atoms with Gasteiger partial charge in [-0.3, -0.25) is 0 Å². The number of hydrogen-bond acceptors (Lipinski definition) is 3. The second kappa shape index (κ2) is 105. The predicted octanol–water partition coefficient (Wildman–Crippen LogP) is -6.37. The Balaban J connectivity index is -0.00000000214. The van der Waals surface area contributed by atoms with Gasteiger partial charge in [0.15, 0.2) is 0 Å². The van der Waals surface area contributed by atoms with E-state index in [-0.39, 0.29) is 52.6 Å². The van der Waals surface area contributed by atoms with Crippen LogP contribution in [0.5, 0.6) is 0 Å². The second-order valence-corrected chi connectivity index (χ2v) is 0.224. The van der Waals surface area contributed by atoms with Crippen LogP contribution in [0.25, 0.3) is 0 Å². The molecule has 0 fully saturated rings. The molecule has 0 saturated heterocycles. The Morgan fingerprint density at radius 3 is 0.727 bits per heavy atom. The zero-order valence-corrected chi connectivity index (χ0v) is 4.67. The first-order valence-corrected chi connectivity index (χ1v) is 0.548. The Labute approximate surface area is 73.8 Å². The summed E-state index contributed by atoms with van der Waals surface area (Å²) in [5, 5.41) is 14.8. The van der Waals surface area contributed by atoms with E-state index in [4.69, 9.17) is 15.3 Å². The molecule has 0 aliphatic rings. The molecule has 0 aromatic rings. The molecule has 0 atom stereocenters. The van der Waals surface area contributed by atoms with Crippen LogP contribution in [0.1, 0.15) is 0 Å². The third kappa shape index (κ3) is 3400. The van der Waals surface area contributed by atoms with Crippen molar-refractivity contribution in [2.24, 2.45) is 0 Å². The van der Waals surface area contributed by atoms with Gasteiger partial charge in [0.2, 0.25) is 0 Å². The van der Waals surface area contributed by atoms with Crippen molar-refractivity contribution >= 4 is 19.8 Å². The summed E-state index contributed by atoms with van der Waals surface area (Å²) in [6.45, 7) is 0. The molecule has 0 unspecified atom stereocenters. The van der Waals surface area contributed by atoms with Crippen molar-refractivity contribution in [3.05, 3.63) is 15.3 Å². The van der Waals surface area contributed by atoms with Gasteiger partial charge in [0.1, 0.15) is 0 Å². The number of hydrogen-bond donors (Lipinski definition) is 0. The minimum absolute atomic E-state index is 0. The average molecular weight is 243 g/mol. The third-order valence-electron chi connectivity index (χ3n) is 0. The summed E-state index contributed by atoms with van der Waals surface area (Å²) in [7, 11) is 0. The molecule has 0 bridgehead atoms. The van der Waals surface area contributed by atoms with Crippen LogP contribution in [0.15, 0.2) is 0 Å². The van der Waals surface area contributed by atoms with Gasteiger partial charge in [-0.25, -0.2) is 0 Å². The zero-order valence-electron chi connectivity index (χ0n) is 4.67. The fourth-order valence-corrected chi connectivity index (χ4v) is 0. The van der Waals surface area contributed by atoms with Crippen molar-refractivity contribution in [3.8, 4) is 0 Å². The van der Waals surface area contributed by atoms with Gasteiger partial charge in [-0.15, -0.1) is 0 Å². The van der Waals surface area contributed by atoms with Crippen molar-refractivity contribution in [3.63, 3.8) is 0 Å². The van der Waals surface area contributed by atoms with E-state index < -0.39 is 5.09 Å². The van der Waals surface area contributed by atoms with Crippen molar-refractivity contribution in [1.29, 1.82) is 0 Å². The van der Waals surface area contributed by atoms with Crippen LogP contribution < -0.4 is 0 Å². The first-order valence-electron chi connectivity index (χ1n) is 0.548. The van der Waals surface area contributed by atoms with Crippen LogP contribution in [0.4, 0.5) is 0 Å². The molecule has 0 saturated carbocycles. The Kier molecular flexibility index (Phi) is 1380. The van der Waals surface area contributed by atoms with Crippen LogP contribution in [0.2, 0.25) is 0 Å². The second-order valence-electron chi connectivity index (χ2n) is 0.224. The molecule has 0 rings (SSSR count). The molecule has 10 nitrogen and oxygen atoms in total. The van der Waals surface area contributed by atoms with Gasteiger partial charge in [0, 0.05) is 0 Å². The summed E-state index contributed by atoms with van der Waals surface area (Å²) in [5.74, 6) is 0. The fraction of sp³-hybridized carbons (Fsp3) is 0. The van der Waals surface area contributed by atoms with E-state index in [0.717, 1.165) is 0 Å². The van der Waals surface area contributed by atoms with Crippen LogP contribution in [0.3, 0.4) is 0 Å². The molecule has 0 radical (unpaired) electrons. The molecular formula is H15GaNO9-. The molecular weight excluding hydrogens is 228 g/mol. The van der Waals surface area contributed by atoms with Crippen LogP contribution in [-0.2, 0) is 0 Å². The molecule has 12 N–H and O–H groups in total. The first-order chi connectivity index (χ1) is 1.73. The number of nitrogens with zero attached hydrogens (tertiary/aromatic N) is 1. The molecule has 0 aromatic heterocycles. The van der Waals surface area contributed by atoms with E-state index in [1.807, 2.05) is 0 Å². The third-order valence-corrected chi connectivity index (χ3v) is 0. The summed E-state index contributed by atoms with van der Waals surface area (Å²) in [5.41, 5.74) is 0. The van der Waals surface area contributed by atoms with Gasteiger partial charge >= 0.3 is 19.8 Å². The van der Waals surface area contributed by atoms with E-state index >= 15 is 0 Å². The maximum atomic E-state index is 8.25. The Morgan fingerprint density at radius 2 is 0.727 bits per heavy atom. The number of rotatable bonds is 0. The summed E-state index contributed by atoms with van der Waals surface area (Å²) in [4.78, 5) is 8.25. The Hall–Kier alpha value is -0.404. The van der Waals surface area contributed by atoms with Gasteiger partial charge in [0.25, 0.3) is 0 Å². The topological polar surface area (TPSA) is 255 Å². The maximum absolute atomic E-state index is 8.25. The summed E-state index contributed by atoms with van der Waals surface area (Å²) in [6.07, 6.45) is 0. The van der Waals surface area contributed by atoms with Crippen LogP contribution in [0, 0.1) is 15.3 Å². The van der Waals surface area contributed by atoms with E-state index in [1.165, 1.54) is 0 Å². The zero-order chi connectivity index (χ0) is 3.58. The van der Waals surface area contributed by atoms with E-state index in [2.05, 4.69) is 0 Å². The summed E-state index contributed by atoms with van der Waals surface area (Å²) < 4.78 is 0. The Morgan fingerprint density at radius 1 is 0.727 bits per heavy atom. The molecule has 11 heavy (non-hydrogen) atoms. The molecule has 0 aliphatic carbocycles. The summed E-state index contributed by atoms with van der Waals surface area (Å²) >= 11 is 0. The summed E-state index contributed by atoms with van der Waals surface area (Å²) in [6, 6.07) is 0. The predicted molar refractivity (Wildman–Crippen MR) is 42.0 cm³/mol. The normalized spacial score (nSPS) is 2.18. The van der Waals surface area contributed by atoms with Gasteiger partial charge in [-0.1, -0.05) is 0 Å². The van der Waals surface area contributed by atoms with Gasteiger partial charge in [-0.05, 0) is 0 Å². The van der Waals surface area contributed by atoms with Gasteiger partial charge < -0.3 is 48.2 Å². The first kappa shape index (κ1) is 145. The molecule has 0 heterocycles. The molecule has 0 spiro atoms. The molecule has 0 aliphatic heterocycles. The monoisotopic (exact) mass is 242 g/mol. The van der Waals surface area contributed by atoms with Crippen molar-refractivity contribution in [2.45, 2.75) is 0 Å². The van der Waals surface area contributed by atoms with Crippen molar-refractivity contribution < 1.29 is 37.9 Å². The molecule has 11 heteroatoms. The van der Waals surface area contributed by atoms with E-state index in [1.54, 1.807) is 0 Å². The van der Waals surface area contributed by atoms with Gasteiger partial charge in [0.05, 0.1) is 5.09 Å². The van der Waals surface area contributed by atoms with Crippen molar-refractivity contribution in [1.82, 2.24) is 0 Å². The standard InChI is InChI=1S/Ga.NO3.6H2O.3H/c;2-1(3)4;;;;;;;;;/h;;6*1H2;;;/q;-1;;;;;;;;;. The van der Waals surface area contributed by atoms with E-state index in [9.17, 15) is 0 Å². The minimum atomic E-state index is -1.75. The SMILES string of the molecule is O.O.O.O.O.O.O=[N+]([O-])[O-].[GaH3]. The Bertz CT molecular complexity index is 32.5. The van der Waals surface area contributed by atoms with E-state index in [0.29, 0.717) is 0 Å². The molecule has 0 amide bonds. The molecule has 78 valence electrons. The van der Waals surface area contributed by atoms with Gasteiger partial charge in [-0.2, -0.15) is 0 Å².